The lowest BCUT2D eigenvalue weighted by molar-refractivity contribution is -0.143. The van der Waals surface area contributed by atoms with Crippen LogP contribution in [0, 0.1) is 11.8 Å². The van der Waals surface area contributed by atoms with Crippen LogP contribution in [-0.4, -0.2) is 143 Å². The van der Waals surface area contributed by atoms with Crippen LogP contribution in [-0.2, 0) is 40.0 Å². The van der Waals surface area contributed by atoms with Crippen molar-refractivity contribution in [2.24, 2.45) is 17.6 Å². The normalized spacial score (nSPS) is 23.5. The zero-order chi connectivity index (χ0) is 53.7. The van der Waals surface area contributed by atoms with Crippen molar-refractivity contribution in [1.82, 2.24) is 41.7 Å². The van der Waals surface area contributed by atoms with E-state index in [0.717, 1.165) is 36.7 Å². The summed E-state index contributed by atoms with van der Waals surface area (Å²) in [6.45, 7) is 14.8. The highest BCUT2D eigenvalue weighted by atomic mass is 16.3. The molecule has 8 unspecified atom stereocenters. The SMILES string of the molecule is CC(C)NCCO.CCC(C)CC(C)CCCCCCCCC(=O)NC1CCCNC(=O)C2CCCN2C(=O)C(CCCN)NC(=O)C(CCc2ccc(O)cc2)NC(=O)C2CCCN2C(=O)C(CC)NC1=O. The summed E-state index contributed by atoms with van der Waals surface area (Å²) in [6, 6.07) is 1.27. The zero-order valence-corrected chi connectivity index (χ0v) is 45.3. The number of aliphatic hydroxyl groups is 1. The van der Waals surface area contributed by atoms with Gasteiger partial charge in [0.05, 0.1) is 6.61 Å². The molecule has 1 aromatic rings. The molecule has 3 heterocycles. The second-order valence-corrected chi connectivity index (χ2v) is 21.0. The molecule has 3 saturated heterocycles. The third-order valence-corrected chi connectivity index (χ3v) is 14.4. The first-order valence-electron chi connectivity index (χ1n) is 27.9. The Morgan fingerprint density at radius 2 is 1.32 bits per heavy atom. The van der Waals surface area contributed by atoms with Gasteiger partial charge in [-0.2, -0.15) is 0 Å². The van der Waals surface area contributed by atoms with Gasteiger partial charge in [0.2, 0.25) is 41.4 Å². The van der Waals surface area contributed by atoms with Crippen molar-refractivity contribution < 1.29 is 43.8 Å². The third-order valence-electron chi connectivity index (χ3n) is 14.4. The van der Waals surface area contributed by atoms with Crippen LogP contribution in [0.5, 0.6) is 5.75 Å². The average molecular weight is 1030 g/mol. The topological polar surface area (TPSA) is 265 Å². The molecule has 4 rings (SSSR count). The number of unbranched alkanes of at least 4 members (excludes halogenated alkanes) is 5. The number of nitrogens with two attached hydrogens (primary N) is 1. The Labute approximate surface area is 436 Å². The van der Waals surface area contributed by atoms with E-state index in [2.05, 4.69) is 66.5 Å². The molecular weight excluding hydrogens is 931 g/mol. The molecule has 8 atom stereocenters. The van der Waals surface area contributed by atoms with Crippen molar-refractivity contribution >= 4 is 41.4 Å². The molecule has 7 amide bonds. The lowest BCUT2D eigenvalue weighted by Crippen LogP contribution is -2.59. The quantitative estimate of drug-likeness (QED) is 0.0691. The summed E-state index contributed by atoms with van der Waals surface area (Å²) < 4.78 is 0. The molecule has 1 aromatic carbocycles. The van der Waals surface area contributed by atoms with Gasteiger partial charge >= 0.3 is 0 Å². The fourth-order valence-corrected chi connectivity index (χ4v) is 9.96. The first kappa shape index (κ1) is 62.5. The first-order valence-corrected chi connectivity index (χ1v) is 27.9. The van der Waals surface area contributed by atoms with Crippen molar-refractivity contribution in [1.29, 1.82) is 0 Å². The van der Waals surface area contributed by atoms with Crippen LogP contribution in [0.15, 0.2) is 24.3 Å². The summed E-state index contributed by atoms with van der Waals surface area (Å²) in [6.07, 6.45) is 14.0. The van der Waals surface area contributed by atoms with Crippen LogP contribution in [0.2, 0.25) is 0 Å². The standard InChI is InChI=1S/C50H82N8O8.C5H13NO/c1-5-34(3)33-35(4)17-11-9-7-8-10-12-22-44(60)53-39-19-14-30-52-47(63)42-20-15-31-57(42)50(66)41(18-13-29-51)56-46(62)40(28-25-36-23-26-37(59)27-24-36)55-48(64)43-21-16-32-58(43)49(65)38(6-2)54-45(39)61;1-5(2)6-3-4-7/h23-24,26-27,34-35,38-43,59H,5-22,25,28-33,51H2,1-4H3,(H,52,63)(H,53,60)(H,54,61)(H,55,64)(H,56,62);5-7H,3-4H2,1-2H3. The number of phenolic OH excluding ortho intramolecular Hbond substituents is 1. The fraction of sp³-hybridized carbons (Fsp3) is 0.764. The summed E-state index contributed by atoms with van der Waals surface area (Å²) >= 11 is 0. The number of carbonyl (C=O) groups excluding carboxylic acids is 7. The van der Waals surface area contributed by atoms with Crippen LogP contribution < -0.4 is 37.6 Å². The Bertz CT molecular complexity index is 1840. The molecule has 18 heteroatoms. The van der Waals surface area contributed by atoms with E-state index in [9.17, 15) is 38.7 Å². The largest absolute Gasteiger partial charge is 0.508 e. The Morgan fingerprint density at radius 3 is 1.92 bits per heavy atom. The second kappa shape index (κ2) is 34.6. The molecule has 0 saturated carbocycles. The average Bonchev–Trinajstić information content (AvgIpc) is 4.08. The highest BCUT2D eigenvalue weighted by molar-refractivity contribution is 5.97. The van der Waals surface area contributed by atoms with Crippen LogP contribution in [0.1, 0.15) is 176 Å². The second-order valence-electron chi connectivity index (χ2n) is 21.0. The van der Waals surface area contributed by atoms with E-state index in [1.807, 2.05) is 0 Å². The van der Waals surface area contributed by atoms with E-state index < -0.39 is 65.8 Å². The number of rotatable bonds is 23. The van der Waals surface area contributed by atoms with Crippen molar-refractivity contribution in [3.63, 3.8) is 0 Å². The van der Waals surface area contributed by atoms with Crippen molar-refractivity contribution in [2.45, 2.75) is 219 Å². The maximum Gasteiger partial charge on any atom is 0.245 e. The van der Waals surface area contributed by atoms with E-state index >= 15 is 0 Å². The molecule has 3 aliphatic rings. The molecule has 0 radical (unpaired) electrons. The highest BCUT2D eigenvalue weighted by Crippen LogP contribution is 2.24. The maximum atomic E-state index is 14.2. The molecule has 0 aliphatic carbocycles. The van der Waals surface area contributed by atoms with Gasteiger partial charge in [-0.1, -0.05) is 98.6 Å². The van der Waals surface area contributed by atoms with Crippen LogP contribution >= 0.6 is 0 Å². The number of aryl methyl sites for hydroxylation is 1. The van der Waals surface area contributed by atoms with E-state index in [1.54, 1.807) is 19.1 Å². The number of phenols is 1. The number of nitrogens with zero attached hydrogens (tertiary/aromatic N) is 2. The Balaban J connectivity index is 0.00000187. The maximum absolute atomic E-state index is 14.2. The third kappa shape index (κ3) is 22.7. The number of nitrogens with one attached hydrogen (secondary N) is 6. The van der Waals surface area contributed by atoms with Gasteiger partial charge in [0.1, 0.15) is 42.0 Å². The van der Waals surface area contributed by atoms with Gasteiger partial charge in [-0.05, 0) is 120 Å². The van der Waals surface area contributed by atoms with Gasteiger partial charge in [0, 0.05) is 38.6 Å². The van der Waals surface area contributed by atoms with Gasteiger partial charge in [0.25, 0.3) is 0 Å². The Hall–Kier alpha value is -4.81. The molecular formula is C55H95N9O9. The highest BCUT2D eigenvalue weighted by Gasteiger charge is 2.41. The van der Waals surface area contributed by atoms with E-state index in [0.29, 0.717) is 70.5 Å². The molecule has 18 nitrogen and oxygen atoms in total. The van der Waals surface area contributed by atoms with Gasteiger partial charge in [-0.15, -0.1) is 0 Å². The number of carbonyl (C=O) groups is 7. The Kier molecular flexibility index (Phi) is 29.6. The fourth-order valence-electron chi connectivity index (χ4n) is 9.96. The molecule has 0 bridgehead atoms. The molecule has 0 spiro atoms. The van der Waals surface area contributed by atoms with Crippen LogP contribution in [0.4, 0.5) is 0 Å². The summed E-state index contributed by atoms with van der Waals surface area (Å²) in [7, 11) is 0. The summed E-state index contributed by atoms with van der Waals surface area (Å²) in [5.41, 5.74) is 6.67. The number of fused-ring (bicyclic) bond motifs is 2. The minimum absolute atomic E-state index is 0.0883. The number of aromatic hydroxyl groups is 1. The Morgan fingerprint density at radius 1 is 0.712 bits per heavy atom. The summed E-state index contributed by atoms with van der Waals surface area (Å²) in [4.78, 5) is 101. The zero-order valence-electron chi connectivity index (χ0n) is 45.3. The lowest BCUT2D eigenvalue weighted by atomic mass is 9.91. The molecule has 3 aliphatic heterocycles. The number of amides is 7. The molecule has 3 fully saturated rings. The predicted molar refractivity (Wildman–Crippen MR) is 285 cm³/mol. The van der Waals surface area contributed by atoms with Crippen LogP contribution in [0.25, 0.3) is 0 Å². The van der Waals surface area contributed by atoms with E-state index in [4.69, 9.17) is 10.8 Å². The number of benzene rings is 1. The monoisotopic (exact) mass is 1030 g/mol. The summed E-state index contributed by atoms with van der Waals surface area (Å²) in [5.74, 6) is -1.50. The lowest BCUT2D eigenvalue weighted by Gasteiger charge is -2.31. The number of aliphatic hydroxyl groups excluding tert-OH is 1. The van der Waals surface area contributed by atoms with Crippen molar-refractivity contribution in [3.05, 3.63) is 29.8 Å². The number of hydrogen-bond donors (Lipinski definition) is 9. The van der Waals surface area contributed by atoms with Gasteiger partial charge < -0.3 is 57.6 Å². The molecule has 414 valence electrons. The first-order chi connectivity index (χ1) is 35.0. The smallest absolute Gasteiger partial charge is 0.245 e. The van der Waals surface area contributed by atoms with Gasteiger partial charge in [-0.25, -0.2) is 0 Å². The van der Waals surface area contributed by atoms with Gasteiger partial charge in [0.15, 0.2) is 0 Å². The van der Waals surface area contributed by atoms with Crippen molar-refractivity contribution in [2.75, 3.05) is 39.3 Å². The van der Waals surface area contributed by atoms with E-state index in [1.165, 1.54) is 54.0 Å². The van der Waals surface area contributed by atoms with Crippen molar-refractivity contribution in [3.8, 4) is 5.75 Å². The van der Waals surface area contributed by atoms with E-state index in [-0.39, 0.29) is 75.9 Å². The molecule has 0 aromatic heterocycles. The molecule has 10 N–H and O–H groups in total. The van der Waals surface area contributed by atoms with Gasteiger partial charge in [-0.3, -0.25) is 33.6 Å². The predicted octanol–water partition coefficient (Wildman–Crippen LogP) is 4.47. The summed E-state index contributed by atoms with van der Waals surface area (Å²) in [5, 5.41) is 35.6. The number of hydrogen-bond acceptors (Lipinski definition) is 11. The molecule has 73 heavy (non-hydrogen) atoms. The minimum atomic E-state index is -1.10. The minimum Gasteiger partial charge on any atom is -0.508 e. The van der Waals surface area contributed by atoms with Crippen LogP contribution in [0.3, 0.4) is 0 Å².